The lowest BCUT2D eigenvalue weighted by molar-refractivity contribution is -0.169. The van der Waals surface area contributed by atoms with Gasteiger partial charge in [0.15, 0.2) is 0 Å². The van der Waals surface area contributed by atoms with Crippen LogP contribution in [0, 0.1) is 46.8 Å². The molecular formula is C29H44O5. The van der Waals surface area contributed by atoms with Crippen LogP contribution in [0.3, 0.4) is 0 Å². The molecule has 0 aliphatic heterocycles. The fourth-order valence-corrected chi connectivity index (χ4v) is 8.74. The van der Waals surface area contributed by atoms with Crippen LogP contribution in [-0.4, -0.2) is 30.9 Å². The number of hydrogen-bond acceptors (Lipinski definition) is 5. The fraction of sp³-hybridized carbons (Fsp3) is 0.828. The Kier molecular flexibility index (Phi) is 7.32. The third-order valence-corrected chi connectivity index (χ3v) is 10.3. The van der Waals surface area contributed by atoms with E-state index in [-0.39, 0.29) is 35.3 Å². The molecule has 4 aliphatic rings. The number of carbonyl (C=O) groups is 3. The summed E-state index contributed by atoms with van der Waals surface area (Å²) in [6, 6.07) is 0. The second-order valence-corrected chi connectivity index (χ2v) is 11.9. The van der Waals surface area contributed by atoms with Crippen molar-refractivity contribution in [1.29, 1.82) is 0 Å². The molecule has 4 rings (SSSR count). The molecular weight excluding hydrogens is 428 g/mol. The highest BCUT2D eigenvalue weighted by Gasteiger charge is 2.62. The van der Waals surface area contributed by atoms with Gasteiger partial charge in [-0.1, -0.05) is 38.8 Å². The molecule has 0 aromatic rings. The topological polar surface area (TPSA) is 69.7 Å². The zero-order valence-corrected chi connectivity index (χ0v) is 22.0. The molecule has 0 aromatic heterocycles. The number of carbonyl (C=O) groups excluding carboxylic acids is 3. The standard InChI is InChI=1S/C29H44O5/c1-7-20-23-15-19(34-18(4)30)12-13-29(23,5)24-14-17(3)26-21(16(2)8-11-25(31)33-6)9-10-22(26)27(24)28(20)32/h16-17,19-20,22-24,27H,7-15H2,1-6H3/t16-,17?,19-,20-,22?,23+,24?,27?,29+/m1/s1. The van der Waals surface area contributed by atoms with Crippen molar-refractivity contribution in [3.05, 3.63) is 11.1 Å². The summed E-state index contributed by atoms with van der Waals surface area (Å²) in [5.41, 5.74) is 3.21. The smallest absolute Gasteiger partial charge is 0.305 e. The Balaban J connectivity index is 1.62. The third kappa shape index (κ3) is 4.26. The van der Waals surface area contributed by atoms with Crippen LogP contribution in [0.5, 0.6) is 0 Å². The molecule has 0 amide bonds. The van der Waals surface area contributed by atoms with E-state index >= 15 is 0 Å². The van der Waals surface area contributed by atoms with E-state index in [9.17, 15) is 14.4 Å². The normalized spacial score (nSPS) is 40.2. The van der Waals surface area contributed by atoms with E-state index in [4.69, 9.17) is 9.47 Å². The summed E-state index contributed by atoms with van der Waals surface area (Å²) >= 11 is 0. The van der Waals surface area contributed by atoms with Crippen LogP contribution in [0.25, 0.3) is 0 Å². The molecule has 0 aromatic carbocycles. The number of ketones is 1. The molecule has 3 fully saturated rings. The Morgan fingerprint density at radius 2 is 1.91 bits per heavy atom. The van der Waals surface area contributed by atoms with Crippen LogP contribution in [-0.2, 0) is 23.9 Å². The van der Waals surface area contributed by atoms with E-state index in [2.05, 4.69) is 27.7 Å². The maximum Gasteiger partial charge on any atom is 0.305 e. The van der Waals surface area contributed by atoms with Gasteiger partial charge < -0.3 is 9.47 Å². The maximum absolute atomic E-state index is 14.1. The van der Waals surface area contributed by atoms with Gasteiger partial charge in [0.05, 0.1) is 7.11 Å². The number of rotatable bonds is 6. The van der Waals surface area contributed by atoms with Gasteiger partial charge >= 0.3 is 11.9 Å². The predicted molar refractivity (Wildman–Crippen MR) is 131 cm³/mol. The molecule has 0 spiro atoms. The molecule has 0 bridgehead atoms. The van der Waals surface area contributed by atoms with Crippen LogP contribution in [0.1, 0.15) is 92.4 Å². The summed E-state index contributed by atoms with van der Waals surface area (Å²) < 4.78 is 10.5. The van der Waals surface area contributed by atoms with Gasteiger partial charge in [0.1, 0.15) is 11.9 Å². The summed E-state index contributed by atoms with van der Waals surface area (Å²) in [4.78, 5) is 37.5. The lowest BCUT2D eigenvalue weighted by atomic mass is 9.43. The first-order valence-electron chi connectivity index (χ1n) is 13.6. The minimum atomic E-state index is -0.206. The minimum Gasteiger partial charge on any atom is -0.469 e. The van der Waals surface area contributed by atoms with Gasteiger partial charge in [-0.05, 0) is 86.4 Å². The Morgan fingerprint density at radius 1 is 1.18 bits per heavy atom. The first-order chi connectivity index (χ1) is 16.1. The Morgan fingerprint density at radius 3 is 2.56 bits per heavy atom. The van der Waals surface area contributed by atoms with Crippen LogP contribution >= 0.6 is 0 Å². The van der Waals surface area contributed by atoms with Gasteiger partial charge in [0.2, 0.25) is 0 Å². The van der Waals surface area contributed by atoms with Crippen LogP contribution < -0.4 is 0 Å². The lowest BCUT2D eigenvalue weighted by Gasteiger charge is -2.60. The molecule has 4 aliphatic carbocycles. The molecule has 5 heteroatoms. The van der Waals surface area contributed by atoms with Crippen molar-refractivity contribution < 1.29 is 23.9 Å². The van der Waals surface area contributed by atoms with E-state index in [1.807, 2.05) is 0 Å². The zero-order valence-electron chi connectivity index (χ0n) is 22.0. The van der Waals surface area contributed by atoms with Crippen molar-refractivity contribution in [2.45, 2.75) is 98.5 Å². The molecule has 34 heavy (non-hydrogen) atoms. The Hall–Kier alpha value is -1.65. The van der Waals surface area contributed by atoms with E-state index < -0.39 is 0 Å². The molecule has 9 atom stereocenters. The molecule has 5 nitrogen and oxygen atoms in total. The second kappa shape index (κ2) is 9.78. The lowest BCUT2D eigenvalue weighted by Crippen LogP contribution is -2.59. The van der Waals surface area contributed by atoms with E-state index in [1.165, 1.54) is 19.6 Å². The summed E-state index contributed by atoms with van der Waals surface area (Å²) in [5.74, 6) is 2.28. The number of fused-ring (bicyclic) bond motifs is 5. The highest BCUT2D eigenvalue weighted by atomic mass is 16.5. The maximum atomic E-state index is 14.1. The van der Waals surface area contributed by atoms with E-state index in [0.29, 0.717) is 41.8 Å². The zero-order chi connectivity index (χ0) is 24.8. The van der Waals surface area contributed by atoms with Gasteiger partial charge in [0.25, 0.3) is 0 Å². The van der Waals surface area contributed by atoms with Crippen LogP contribution in [0.15, 0.2) is 11.1 Å². The molecule has 0 saturated heterocycles. The van der Waals surface area contributed by atoms with Crippen molar-refractivity contribution in [2.24, 2.45) is 46.8 Å². The van der Waals surface area contributed by atoms with Gasteiger partial charge in [0, 0.05) is 25.2 Å². The highest BCUT2D eigenvalue weighted by Crippen LogP contribution is 2.65. The van der Waals surface area contributed by atoms with Crippen molar-refractivity contribution in [2.75, 3.05) is 7.11 Å². The Labute approximate surface area is 205 Å². The number of hydrogen-bond donors (Lipinski definition) is 0. The minimum absolute atomic E-state index is 0.0424. The summed E-state index contributed by atoms with van der Waals surface area (Å²) in [6.07, 6.45) is 8.13. The van der Waals surface area contributed by atoms with Gasteiger partial charge in [-0.3, -0.25) is 14.4 Å². The molecule has 4 unspecified atom stereocenters. The summed E-state index contributed by atoms with van der Waals surface area (Å²) in [5, 5.41) is 0. The predicted octanol–water partition coefficient (Wildman–Crippen LogP) is 5.90. The number of ether oxygens (including phenoxy) is 2. The van der Waals surface area contributed by atoms with Crippen molar-refractivity contribution in [1.82, 2.24) is 0 Å². The quantitative estimate of drug-likeness (QED) is 0.355. The number of Topliss-reactive ketones (excluding diaryl/α,β-unsaturated/α-hetero) is 1. The Bertz CT molecular complexity index is 859. The number of methoxy groups -OCH3 is 1. The van der Waals surface area contributed by atoms with Crippen LogP contribution in [0.2, 0.25) is 0 Å². The van der Waals surface area contributed by atoms with Crippen LogP contribution in [0.4, 0.5) is 0 Å². The number of allylic oxidation sites excluding steroid dienone is 2. The largest absolute Gasteiger partial charge is 0.469 e. The van der Waals surface area contributed by atoms with Crippen molar-refractivity contribution >= 4 is 17.7 Å². The van der Waals surface area contributed by atoms with Gasteiger partial charge in [-0.15, -0.1) is 0 Å². The average Bonchev–Trinajstić information content (AvgIpc) is 3.24. The first-order valence-corrected chi connectivity index (χ1v) is 13.6. The van der Waals surface area contributed by atoms with Crippen molar-refractivity contribution in [3.8, 4) is 0 Å². The molecule has 3 saturated carbocycles. The van der Waals surface area contributed by atoms with E-state index in [1.54, 1.807) is 5.57 Å². The first kappa shape index (κ1) is 25.4. The van der Waals surface area contributed by atoms with Crippen molar-refractivity contribution in [3.63, 3.8) is 0 Å². The summed E-state index contributed by atoms with van der Waals surface area (Å²) in [6.45, 7) is 10.7. The van der Waals surface area contributed by atoms with Gasteiger partial charge in [-0.25, -0.2) is 0 Å². The van der Waals surface area contributed by atoms with Gasteiger partial charge in [-0.2, -0.15) is 0 Å². The monoisotopic (exact) mass is 472 g/mol. The average molecular weight is 473 g/mol. The fourth-order valence-electron chi connectivity index (χ4n) is 8.74. The molecule has 0 heterocycles. The SMILES string of the molecule is CC[C@H]1C(=O)C2C3CCC([C@H](C)CCC(=O)OC)=C3C(C)CC2[C@@]2(C)CC[C@@H](OC(C)=O)C[C@@H]12. The molecule has 0 N–H and O–H groups in total. The second-order valence-electron chi connectivity index (χ2n) is 11.9. The third-order valence-electron chi connectivity index (χ3n) is 10.3. The van der Waals surface area contributed by atoms with E-state index in [0.717, 1.165) is 51.4 Å². The highest BCUT2D eigenvalue weighted by molar-refractivity contribution is 5.86. The molecule has 0 radical (unpaired) electrons. The molecule has 190 valence electrons. The number of esters is 2. The summed E-state index contributed by atoms with van der Waals surface area (Å²) in [7, 11) is 1.45.